The van der Waals surface area contributed by atoms with Gasteiger partial charge in [0.1, 0.15) is 5.82 Å². The van der Waals surface area contributed by atoms with Gasteiger partial charge in [-0.05, 0) is 69.7 Å². The van der Waals surface area contributed by atoms with Crippen LogP contribution >= 0.6 is 0 Å². The van der Waals surface area contributed by atoms with Gasteiger partial charge < -0.3 is 9.80 Å². The van der Waals surface area contributed by atoms with Crippen molar-refractivity contribution in [1.82, 2.24) is 4.90 Å². The van der Waals surface area contributed by atoms with Crippen LogP contribution in [-0.4, -0.2) is 35.5 Å². The number of nitrogens with zero attached hydrogens (tertiary/aromatic N) is 2. The van der Waals surface area contributed by atoms with Gasteiger partial charge in [0.25, 0.3) is 0 Å². The number of carbonyl (C=O) groups is 1. The second kappa shape index (κ2) is 6.86. The van der Waals surface area contributed by atoms with Crippen LogP contribution < -0.4 is 4.90 Å². The van der Waals surface area contributed by atoms with E-state index >= 15 is 0 Å². The van der Waals surface area contributed by atoms with Gasteiger partial charge >= 0.3 is 0 Å². The fourth-order valence-corrected chi connectivity index (χ4v) is 5.70. The molecule has 1 aromatic rings. The lowest BCUT2D eigenvalue weighted by Gasteiger charge is -2.42. The number of halogens is 1. The number of rotatable bonds is 2. The van der Waals surface area contributed by atoms with E-state index in [-0.39, 0.29) is 17.3 Å². The topological polar surface area (TPSA) is 23.6 Å². The molecular formula is C22H31FN2O. The fourth-order valence-electron chi connectivity index (χ4n) is 5.70. The van der Waals surface area contributed by atoms with Crippen molar-refractivity contribution in [3.63, 3.8) is 0 Å². The van der Waals surface area contributed by atoms with Gasteiger partial charge in [-0.3, -0.25) is 4.79 Å². The minimum absolute atomic E-state index is 0.0387. The molecule has 0 aromatic heterocycles. The first-order chi connectivity index (χ1) is 12.5. The Balaban J connectivity index is 1.49. The Bertz CT molecular complexity index is 651. The molecule has 26 heavy (non-hydrogen) atoms. The summed E-state index contributed by atoms with van der Waals surface area (Å²) in [5.74, 6) is 0.996. The van der Waals surface area contributed by atoms with Gasteiger partial charge in [0.15, 0.2) is 0 Å². The lowest BCUT2D eigenvalue weighted by molar-refractivity contribution is -0.138. The zero-order chi connectivity index (χ0) is 18.3. The van der Waals surface area contributed by atoms with Crippen molar-refractivity contribution in [2.45, 2.75) is 70.4 Å². The molecule has 2 heterocycles. The highest BCUT2D eigenvalue weighted by molar-refractivity contribution is 5.79. The van der Waals surface area contributed by atoms with Crippen molar-refractivity contribution < 1.29 is 9.18 Å². The van der Waals surface area contributed by atoms with Crippen molar-refractivity contribution in [3.8, 4) is 0 Å². The van der Waals surface area contributed by atoms with Crippen LogP contribution in [0.2, 0.25) is 0 Å². The van der Waals surface area contributed by atoms with E-state index < -0.39 is 0 Å². The predicted octanol–water partition coefficient (Wildman–Crippen LogP) is 4.61. The molecule has 1 aromatic carbocycles. The summed E-state index contributed by atoms with van der Waals surface area (Å²) >= 11 is 0. The van der Waals surface area contributed by atoms with Crippen LogP contribution in [0.3, 0.4) is 0 Å². The Morgan fingerprint density at radius 2 is 1.77 bits per heavy atom. The van der Waals surface area contributed by atoms with Crippen molar-refractivity contribution >= 4 is 11.6 Å². The standard InChI is InChI=1S/C22H31FN2O/c1-22(2)14-17-15-24(21(26)16-6-4-3-5-7-16)13-12-20(17)25(22)19-10-8-18(23)9-11-19/h8-11,16-17,20H,3-7,12-15H2,1-2H3/t17-,20+/m1/s1. The zero-order valence-electron chi connectivity index (χ0n) is 16.1. The number of carbonyl (C=O) groups excluding carboxylic acids is 1. The maximum absolute atomic E-state index is 13.4. The normalized spacial score (nSPS) is 28.9. The molecule has 0 radical (unpaired) electrons. The van der Waals surface area contributed by atoms with Gasteiger partial charge in [0.2, 0.25) is 5.91 Å². The molecule has 1 amide bonds. The molecule has 142 valence electrons. The molecule has 0 bridgehead atoms. The molecule has 4 heteroatoms. The highest BCUT2D eigenvalue weighted by Gasteiger charge is 2.49. The molecule has 1 aliphatic carbocycles. The Kier molecular flexibility index (Phi) is 4.70. The molecule has 0 unspecified atom stereocenters. The minimum Gasteiger partial charge on any atom is -0.363 e. The highest BCUT2D eigenvalue weighted by atomic mass is 19.1. The molecule has 3 aliphatic rings. The second-order valence-electron chi connectivity index (χ2n) is 9.10. The van der Waals surface area contributed by atoms with Gasteiger partial charge in [-0.25, -0.2) is 4.39 Å². The first-order valence-electron chi connectivity index (χ1n) is 10.3. The molecule has 2 atom stereocenters. The summed E-state index contributed by atoms with van der Waals surface area (Å²) in [5.41, 5.74) is 1.15. The number of anilines is 1. The number of hydrogen-bond acceptors (Lipinski definition) is 2. The summed E-state index contributed by atoms with van der Waals surface area (Å²) in [4.78, 5) is 17.6. The summed E-state index contributed by atoms with van der Waals surface area (Å²) in [6, 6.07) is 7.37. The average molecular weight is 359 g/mol. The summed E-state index contributed by atoms with van der Waals surface area (Å²) in [6.45, 7) is 6.31. The van der Waals surface area contributed by atoms with E-state index in [1.54, 1.807) is 12.1 Å². The Labute approximate surface area is 156 Å². The van der Waals surface area contributed by atoms with E-state index in [0.29, 0.717) is 17.9 Å². The Morgan fingerprint density at radius 3 is 2.46 bits per heavy atom. The molecule has 1 saturated carbocycles. The summed E-state index contributed by atoms with van der Waals surface area (Å²) in [5, 5.41) is 0. The van der Waals surface area contributed by atoms with Gasteiger partial charge in [-0.2, -0.15) is 0 Å². The van der Waals surface area contributed by atoms with Crippen LogP contribution in [0.1, 0.15) is 58.8 Å². The predicted molar refractivity (Wildman–Crippen MR) is 103 cm³/mol. The monoisotopic (exact) mass is 358 g/mol. The minimum atomic E-state index is -0.185. The number of piperidine rings is 1. The van der Waals surface area contributed by atoms with E-state index in [1.807, 2.05) is 12.1 Å². The van der Waals surface area contributed by atoms with Crippen LogP contribution in [0.25, 0.3) is 0 Å². The maximum atomic E-state index is 13.4. The quantitative estimate of drug-likeness (QED) is 0.771. The molecule has 3 fully saturated rings. The van der Waals surface area contributed by atoms with Crippen LogP contribution in [0.5, 0.6) is 0 Å². The number of benzene rings is 1. The van der Waals surface area contributed by atoms with Gasteiger partial charge in [-0.1, -0.05) is 19.3 Å². The van der Waals surface area contributed by atoms with Gasteiger partial charge in [0, 0.05) is 36.3 Å². The summed E-state index contributed by atoms with van der Waals surface area (Å²) in [6.07, 6.45) is 7.97. The first-order valence-corrected chi connectivity index (χ1v) is 10.3. The third kappa shape index (κ3) is 3.23. The number of likely N-dealkylation sites (tertiary alicyclic amines) is 1. The zero-order valence-corrected chi connectivity index (χ0v) is 16.1. The highest BCUT2D eigenvalue weighted by Crippen LogP contribution is 2.45. The number of fused-ring (bicyclic) bond motifs is 1. The molecule has 3 nitrogen and oxygen atoms in total. The molecule has 4 rings (SSSR count). The lowest BCUT2D eigenvalue weighted by Crippen LogP contribution is -2.51. The molecule has 2 saturated heterocycles. The third-order valence-electron chi connectivity index (χ3n) is 6.81. The smallest absolute Gasteiger partial charge is 0.225 e. The van der Waals surface area contributed by atoms with E-state index in [9.17, 15) is 9.18 Å². The number of amides is 1. The van der Waals surface area contributed by atoms with E-state index in [0.717, 1.165) is 44.5 Å². The Hall–Kier alpha value is -1.58. The number of hydrogen-bond donors (Lipinski definition) is 0. The third-order valence-corrected chi connectivity index (χ3v) is 6.81. The van der Waals surface area contributed by atoms with E-state index in [1.165, 1.54) is 19.3 Å². The van der Waals surface area contributed by atoms with Crippen molar-refractivity contribution in [2.75, 3.05) is 18.0 Å². The molecule has 0 N–H and O–H groups in total. The van der Waals surface area contributed by atoms with Crippen molar-refractivity contribution in [3.05, 3.63) is 30.1 Å². The lowest BCUT2D eigenvalue weighted by atomic mass is 9.85. The van der Waals surface area contributed by atoms with E-state index in [2.05, 4.69) is 23.6 Å². The molecule has 0 spiro atoms. The Morgan fingerprint density at radius 1 is 1.08 bits per heavy atom. The molecule has 2 aliphatic heterocycles. The summed E-state index contributed by atoms with van der Waals surface area (Å²) < 4.78 is 13.4. The van der Waals surface area contributed by atoms with Crippen LogP contribution in [0.4, 0.5) is 10.1 Å². The maximum Gasteiger partial charge on any atom is 0.225 e. The largest absolute Gasteiger partial charge is 0.363 e. The SMILES string of the molecule is CC1(C)C[C@@H]2CN(C(=O)C3CCCCC3)CC[C@@H]2N1c1ccc(F)cc1. The average Bonchev–Trinajstić information content (AvgIpc) is 2.91. The van der Waals surface area contributed by atoms with Gasteiger partial charge in [0.05, 0.1) is 0 Å². The van der Waals surface area contributed by atoms with Crippen molar-refractivity contribution in [1.29, 1.82) is 0 Å². The fraction of sp³-hybridized carbons (Fsp3) is 0.682. The van der Waals surface area contributed by atoms with Gasteiger partial charge in [-0.15, -0.1) is 0 Å². The van der Waals surface area contributed by atoms with Crippen LogP contribution in [0, 0.1) is 17.7 Å². The first kappa shape index (κ1) is 17.8. The van der Waals surface area contributed by atoms with Crippen LogP contribution in [-0.2, 0) is 4.79 Å². The van der Waals surface area contributed by atoms with E-state index in [4.69, 9.17) is 0 Å². The van der Waals surface area contributed by atoms with Crippen LogP contribution in [0.15, 0.2) is 24.3 Å². The summed E-state index contributed by atoms with van der Waals surface area (Å²) in [7, 11) is 0. The van der Waals surface area contributed by atoms with Crippen molar-refractivity contribution in [2.24, 2.45) is 11.8 Å². The molecular weight excluding hydrogens is 327 g/mol. The second-order valence-corrected chi connectivity index (χ2v) is 9.10.